The van der Waals surface area contributed by atoms with Gasteiger partial charge < -0.3 is 15.5 Å². The molecule has 0 bridgehead atoms. The van der Waals surface area contributed by atoms with Crippen molar-refractivity contribution in [3.63, 3.8) is 0 Å². The van der Waals surface area contributed by atoms with E-state index in [1.165, 1.54) is 0 Å². The number of anilines is 2. The molecule has 1 aromatic carbocycles. The summed E-state index contributed by atoms with van der Waals surface area (Å²) in [6, 6.07) is 8.26. The Morgan fingerprint density at radius 1 is 1.16 bits per heavy atom. The zero-order chi connectivity index (χ0) is 22.9. The van der Waals surface area contributed by atoms with Crippen molar-refractivity contribution in [3.8, 4) is 0 Å². The first kappa shape index (κ1) is 22.3. The minimum Gasteiger partial charge on any atom is -0.356 e. The maximum absolute atomic E-state index is 12.9. The van der Waals surface area contributed by atoms with Gasteiger partial charge in [0, 0.05) is 48.0 Å². The molecule has 0 atom stereocenters. The largest absolute Gasteiger partial charge is 0.417 e. The molecule has 2 N–H and O–H groups in total. The monoisotopic (exact) mass is 507 g/mol. The normalized spacial score (nSPS) is 15.1. The van der Waals surface area contributed by atoms with Crippen LogP contribution >= 0.6 is 15.9 Å². The van der Waals surface area contributed by atoms with Gasteiger partial charge in [-0.25, -0.2) is 9.78 Å². The lowest BCUT2D eigenvalue weighted by molar-refractivity contribution is -0.137. The molecule has 1 aliphatic rings. The summed E-state index contributed by atoms with van der Waals surface area (Å²) >= 11 is 3.20. The Hall–Kier alpha value is -2.88. The number of rotatable bonds is 3. The average molecular weight is 508 g/mol. The third kappa shape index (κ3) is 4.79. The van der Waals surface area contributed by atoms with Crippen LogP contribution in [0.3, 0.4) is 0 Å². The highest BCUT2D eigenvalue weighted by Gasteiger charge is 2.32. The van der Waals surface area contributed by atoms with Crippen molar-refractivity contribution in [2.45, 2.75) is 32.0 Å². The van der Waals surface area contributed by atoms with Gasteiger partial charge in [0.05, 0.1) is 15.7 Å². The summed E-state index contributed by atoms with van der Waals surface area (Å²) in [7, 11) is 0. The maximum atomic E-state index is 12.9. The van der Waals surface area contributed by atoms with Crippen LogP contribution < -0.4 is 15.5 Å². The van der Waals surface area contributed by atoms with Crippen molar-refractivity contribution in [2.24, 2.45) is 0 Å². The second-order valence-electron chi connectivity index (χ2n) is 7.68. The quantitative estimate of drug-likeness (QED) is 0.490. The maximum Gasteiger partial charge on any atom is 0.417 e. The smallest absolute Gasteiger partial charge is 0.356 e. The first-order chi connectivity index (χ1) is 15.2. The van der Waals surface area contributed by atoms with E-state index in [0.29, 0.717) is 41.9 Å². The van der Waals surface area contributed by atoms with Crippen molar-refractivity contribution < 1.29 is 18.0 Å². The van der Waals surface area contributed by atoms with Gasteiger partial charge in [-0.2, -0.15) is 13.2 Å². The third-order valence-corrected chi connectivity index (χ3v) is 6.12. The predicted octanol–water partition coefficient (Wildman–Crippen LogP) is 5.51. The van der Waals surface area contributed by atoms with Crippen molar-refractivity contribution in [2.75, 3.05) is 23.3 Å². The number of piperidine rings is 1. The van der Waals surface area contributed by atoms with E-state index in [1.54, 1.807) is 6.20 Å². The van der Waals surface area contributed by atoms with Gasteiger partial charge in [0.15, 0.2) is 0 Å². The summed E-state index contributed by atoms with van der Waals surface area (Å²) < 4.78 is 38.9. The Bertz CT molecular complexity index is 1150. The van der Waals surface area contributed by atoms with Crippen LogP contribution in [0, 0.1) is 6.92 Å². The minimum absolute atomic E-state index is 0.0437. The molecule has 1 aliphatic heterocycles. The van der Waals surface area contributed by atoms with Crippen LogP contribution in [-0.4, -0.2) is 35.1 Å². The Morgan fingerprint density at radius 3 is 2.59 bits per heavy atom. The van der Waals surface area contributed by atoms with Crippen LogP contribution in [0.1, 0.15) is 24.1 Å². The second kappa shape index (κ2) is 8.93. The lowest BCUT2D eigenvalue weighted by atomic mass is 10.1. The fourth-order valence-corrected chi connectivity index (χ4v) is 4.46. The molecule has 0 aliphatic carbocycles. The van der Waals surface area contributed by atoms with Gasteiger partial charge in [-0.05, 0) is 53.9 Å². The fraction of sp³-hybridized carbons (Fsp3) is 0.318. The highest BCUT2D eigenvalue weighted by Crippen LogP contribution is 2.34. The molecule has 168 valence electrons. The molecule has 0 saturated carbocycles. The number of nitrogens with zero attached hydrogens (tertiary/aromatic N) is 3. The number of fused-ring (bicyclic) bond motifs is 1. The molecular weight excluding hydrogens is 487 g/mol. The summed E-state index contributed by atoms with van der Waals surface area (Å²) in [4.78, 5) is 22.8. The SMILES string of the molecule is Cc1nccc2c(NC(=O)NC3CCN(c4ncc(C(F)(F)F)cc4Br)CC3)cccc12. The molecule has 0 spiro atoms. The van der Waals surface area contributed by atoms with Gasteiger partial charge in [0.25, 0.3) is 0 Å². The lowest BCUT2D eigenvalue weighted by Gasteiger charge is -2.33. The van der Waals surface area contributed by atoms with Crippen molar-refractivity contribution in [3.05, 3.63) is 58.5 Å². The molecule has 6 nitrogen and oxygen atoms in total. The van der Waals surface area contributed by atoms with Gasteiger partial charge in [0.2, 0.25) is 0 Å². The highest BCUT2D eigenvalue weighted by molar-refractivity contribution is 9.10. The lowest BCUT2D eigenvalue weighted by Crippen LogP contribution is -2.46. The van der Waals surface area contributed by atoms with Crippen LogP contribution in [-0.2, 0) is 6.18 Å². The topological polar surface area (TPSA) is 70.2 Å². The van der Waals surface area contributed by atoms with Gasteiger partial charge in [-0.3, -0.25) is 4.98 Å². The number of pyridine rings is 2. The standard InChI is InChI=1S/C22H21BrF3N5O/c1-13-16-3-2-4-19(17(16)5-8-27-13)30-21(32)29-15-6-9-31(10-7-15)20-18(23)11-14(12-28-20)22(24,25)26/h2-5,8,11-12,15H,6-7,9-10H2,1H3,(H2,29,30,32). The van der Waals surface area contributed by atoms with E-state index in [9.17, 15) is 18.0 Å². The van der Waals surface area contributed by atoms with Crippen LogP contribution in [0.25, 0.3) is 10.8 Å². The first-order valence-electron chi connectivity index (χ1n) is 10.1. The second-order valence-corrected chi connectivity index (χ2v) is 8.54. The molecule has 2 amide bonds. The molecule has 1 fully saturated rings. The summed E-state index contributed by atoms with van der Waals surface area (Å²) in [5.74, 6) is 0.473. The zero-order valence-corrected chi connectivity index (χ0v) is 18.8. The first-order valence-corrected chi connectivity index (χ1v) is 10.9. The summed E-state index contributed by atoms with van der Waals surface area (Å²) in [6.45, 7) is 3.06. The van der Waals surface area contributed by atoms with Gasteiger partial charge in [-0.15, -0.1) is 0 Å². The molecule has 3 aromatic rings. The number of hydrogen-bond acceptors (Lipinski definition) is 4. The number of aromatic nitrogens is 2. The fourth-order valence-electron chi connectivity index (χ4n) is 3.86. The molecule has 1 saturated heterocycles. The third-order valence-electron chi connectivity index (χ3n) is 5.53. The molecule has 32 heavy (non-hydrogen) atoms. The van der Waals surface area contributed by atoms with E-state index in [1.807, 2.05) is 36.1 Å². The highest BCUT2D eigenvalue weighted by atomic mass is 79.9. The molecule has 4 rings (SSSR count). The predicted molar refractivity (Wildman–Crippen MR) is 121 cm³/mol. The summed E-state index contributed by atoms with van der Waals surface area (Å²) in [5.41, 5.74) is 0.809. The number of urea groups is 1. The number of halogens is 4. The van der Waals surface area contributed by atoms with Crippen LogP contribution in [0.15, 0.2) is 47.2 Å². The Morgan fingerprint density at radius 2 is 1.91 bits per heavy atom. The average Bonchev–Trinajstić information content (AvgIpc) is 2.74. The molecular formula is C22H21BrF3N5O. The molecule has 3 heterocycles. The molecule has 0 unspecified atom stereocenters. The van der Waals surface area contributed by atoms with E-state index in [-0.39, 0.29) is 12.1 Å². The minimum atomic E-state index is -4.43. The van der Waals surface area contributed by atoms with E-state index >= 15 is 0 Å². The van der Waals surface area contributed by atoms with Gasteiger partial charge in [-0.1, -0.05) is 12.1 Å². The Kier molecular flexibility index (Phi) is 6.23. The molecule has 10 heteroatoms. The van der Waals surface area contributed by atoms with E-state index in [4.69, 9.17) is 0 Å². The number of aryl methyl sites for hydroxylation is 1. The number of alkyl halides is 3. The van der Waals surface area contributed by atoms with Crippen LogP contribution in [0.4, 0.5) is 29.5 Å². The van der Waals surface area contributed by atoms with Crippen molar-refractivity contribution in [1.82, 2.24) is 15.3 Å². The van der Waals surface area contributed by atoms with E-state index in [0.717, 1.165) is 28.7 Å². The van der Waals surface area contributed by atoms with E-state index in [2.05, 4.69) is 36.5 Å². The number of amides is 2. The van der Waals surface area contributed by atoms with E-state index < -0.39 is 11.7 Å². The molecule has 0 radical (unpaired) electrons. The Labute approximate surface area is 191 Å². The molecule has 2 aromatic heterocycles. The van der Waals surface area contributed by atoms with Crippen molar-refractivity contribution in [1.29, 1.82) is 0 Å². The number of carbonyl (C=O) groups excluding carboxylic acids is 1. The van der Waals surface area contributed by atoms with Gasteiger partial charge >= 0.3 is 12.2 Å². The number of nitrogens with one attached hydrogen (secondary N) is 2. The number of carbonyl (C=O) groups is 1. The summed E-state index contributed by atoms with van der Waals surface area (Å²) in [6.07, 6.45) is -0.566. The number of hydrogen-bond donors (Lipinski definition) is 2. The van der Waals surface area contributed by atoms with Crippen LogP contribution in [0.2, 0.25) is 0 Å². The van der Waals surface area contributed by atoms with Crippen LogP contribution in [0.5, 0.6) is 0 Å². The van der Waals surface area contributed by atoms with Crippen molar-refractivity contribution >= 4 is 44.2 Å². The Balaban J connectivity index is 1.36. The zero-order valence-electron chi connectivity index (χ0n) is 17.2. The summed E-state index contributed by atoms with van der Waals surface area (Å²) in [5, 5.41) is 7.80. The number of benzene rings is 1. The van der Waals surface area contributed by atoms with Gasteiger partial charge in [0.1, 0.15) is 5.82 Å².